The molecule has 0 aliphatic rings. The summed E-state index contributed by atoms with van der Waals surface area (Å²) >= 11 is 0. The van der Waals surface area contributed by atoms with Gasteiger partial charge in [-0.3, -0.25) is 9.78 Å². The number of nitrogens with one attached hydrogen (secondary N) is 2. The zero-order valence-corrected chi connectivity index (χ0v) is 13.1. The molecular formula is C18H16N4O2. The third kappa shape index (κ3) is 3.67. The summed E-state index contributed by atoms with van der Waals surface area (Å²) in [6.45, 7) is 0. The van der Waals surface area contributed by atoms with Crippen molar-refractivity contribution in [3.8, 4) is 5.75 Å². The maximum absolute atomic E-state index is 12.5. The lowest BCUT2D eigenvalue weighted by molar-refractivity contribution is 0.102. The fourth-order valence-corrected chi connectivity index (χ4v) is 2.19. The number of aromatic nitrogens is 2. The molecule has 0 radical (unpaired) electrons. The van der Waals surface area contributed by atoms with Crippen LogP contribution in [0.2, 0.25) is 0 Å². The average molecular weight is 320 g/mol. The van der Waals surface area contributed by atoms with E-state index in [1.165, 1.54) is 0 Å². The van der Waals surface area contributed by atoms with E-state index in [2.05, 4.69) is 20.6 Å². The number of hydrogen-bond donors (Lipinski definition) is 2. The summed E-state index contributed by atoms with van der Waals surface area (Å²) in [6.07, 6.45) is 4.81. The molecule has 1 amide bonds. The molecule has 2 N–H and O–H groups in total. The highest BCUT2D eigenvalue weighted by atomic mass is 16.5. The molecule has 0 unspecified atom stereocenters. The maximum Gasteiger partial charge on any atom is 0.255 e. The van der Waals surface area contributed by atoms with Gasteiger partial charge in [0.2, 0.25) is 0 Å². The second-order valence-corrected chi connectivity index (χ2v) is 4.95. The topological polar surface area (TPSA) is 76.1 Å². The van der Waals surface area contributed by atoms with Crippen LogP contribution >= 0.6 is 0 Å². The molecule has 0 atom stereocenters. The van der Waals surface area contributed by atoms with Crippen molar-refractivity contribution in [2.24, 2.45) is 0 Å². The summed E-state index contributed by atoms with van der Waals surface area (Å²) in [7, 11) is 1.57. The van der Waals surface area contributed by atoms with Gasteiger partial charge < -0.3 is 15.4 Å². The van der Waals surface area contributed by atoms with Crippen molar-refractivity contribution >= 4 is 23.1 Å². The third-order valence-corrected chi connectivity index (χ3v) is 3.32. The minimum atomic E-state index is -0.220. The highest BCUT2D eigenvalue weighted by Crippen LogP contribution is 2.24. The van der Waals surface area contributed by atoms with Gasteiger partial charge in [0.25, 0.3) is 5.91 Å². The Morgan fingerprint density at radius 1 is 1.08 bits per heavy atom. The Balaban J connectivity index is 1.77. The molecule has 0 fully saturated rings. The molecule has 6 heteroatoms. The molecule has 24 heavy (non-hydrogen) atoms. The maximum atomic E-state index is 12.5. The molecule has 0 saturated heterocycles. The lowest BCUT2D eigenvalue weighted by atomic mass is 10.1. The van der Waals surface area contributed by atoms with Gasteiger partial charge in [-0.15, -0.1) is 0 Å². The first-order chi connectivity index (χ1) is 11.8. The minimum Gasteiger partial charge on any atom is -0.495 e. The lowest BCUT2D eigenvalue weighted by Crippen LogP contribution is -2.12. The smallest absolute Gasteiger partial charge is 0.255 e. The molecule has 0 saturated carbocycles. The van der Waals surface area contributed by atoms with Crippen LogP contribution in [0.4, 0.5) is 17.2 Å². The van der Waals surface area contributed by atoms with Gasteiger partial charge in [-0.05, 0) is 30.3 Å². The number of benzene rings is 2. The normalized spacial score (nSPS) is 10.0. The molecule has 2 aromatic carbocycles. The molecule has 6 nitrogen and oxygen atoms in total. The van der Waals surface area contributed by atoms with Gasteiger partial charge in [-0.1, -0.05) is 18.2 Å². The Labute approximate surface area is 139 Å². The van der Waals surface area contributed by atoms with Gasteiger partial charge in [0, 0.05) is 23.6 Å². The Morgan fingerprint density at radius 2 is 1.96 bits per heavy atom. The predicted molar refractivity (Wildman–Crippen MR) is 92.7 cm³/mol. The van der Waals surface area contributed by atoms with Gasteiger partial charge in [0.15, 0.2) is 0 Å². The zero-order chi connectivity index (χ0) is 16.8. The van der Waals surface area contributed by atoms with E-state index >= 15 is 0 Å². The van der Waals surface area contributed by atoms with Crippen LogP contribution in [-0.2, 0) is 0 Å². The van der Waals surface area contributed by atoms with E-state index in [1.807, 2.05) is 18.2 Å². The number of hydrogen-bond acceptors (Lipinski definition) is 5. The van der Waals surface area contributed by atoms with Crippen LogP contribution in [0.3, 0.4) is 0 Å². The summed E-state index contributed by atoms with van der Waals surface area (Å²) in [4.78, 5) is 20.6. The summed E-state index contributed by atoms with van der Waals surface area (Å²) in [5.41, 5.74) is 1.90. The molecule has 1 aromatic heterocycles. The van der Waals surface area contributed by atoms with E-state index < -0.39 is 0 Å². The molecule has 0 bridgehead atoms. The van der Waals surface area contributed by atoms with Crippen molar-refractivity contribution in [2.45, 2.75) is 0 Å². The molecule has 1 heterocycles. The molecule has 0 aliphatic carbocycles. The third-order valence-electron chi connectivity index (χ3n) is 3.32. The number of ether oxygens (including phenoxy) is 1. The first-order valence-corrected chi connectivity index (χ1v) is 7.34. The van der Waals surface area contributed by atoms with Gasteiger partial charge in [0.05, 0.1) is 19.0 Å². The highest BCUT2D eigenvalue weighted by molar-refractivity contribution is 6.05. The van der Waals surface area contributed by atoms with Gasteiger partial charge in [0.1, 0.15) is 11.6 Å². The zero-order valence-electron chi connectivity index (χ0n) is 13.1. The average Bonchev–Trinajstić information content (AvgIpc) is 2.63. The number of carbonyl (C=O) groups excluding carboxylic acids is 1. The fourth-order valence-electron chi connectivity index (χ4n) is 2.19. The van der Waals surface area contributed by atoms with E-state index in [-0.39, 0.29) is 5.91 Å². The molecule has 120 valence electrons. The monoisotopic (exact) mass is 320 g/mol. The van der Waals surface area contributed by atoms with E-state index in [9.17, 15) is 4.79 Å². The number of amides is 1. The van der Waals surface area contributed by atoms with Crippen molar-refractivity contribution in [1.82, 2.24) is 9.97 Å². The van der Waals surface area contributed by atoms with Crippen LogP contribution in [0.1, 0.15) is 10.4 Å². The van der Waals surface area contributed by atoms with Crippen molar-refractivity contribution in [3.63, 3.8) is 0 Å². The largest absolute Gasteiger partial charge is 0.495 e. The molecule has 0 spiro atoms. The van der Waals surface area contributed by atoms with E-state index in [1.54, 1.807) is 56.0 Å². The van der Waals surface area contributed by atoms with Crippen molar-refractivity contribution in [3.05, 3.63) is 72.7 Å². The van der Waals surface area contributed by atoms with Gasteiger partial charge in [-0.2, -0.15) is 0 Å². The Morgan fingerprint density at radius 3 is 2.75 bits per heavy atom. The fraction of sp³-hybridized carbons (Fsp3) is 0.0556. The highest BCUT2D eigenvalue weighted by Gasteiger charge is 2.10. The first-order valence-electron chi connectivity index (χ1n) is 7.34. The van der Waals surface area contributed by atoms with Crippen LogP contribution in [0.15, 0.2) is 67.1 Å². The van der Waals surface area contributed by atoms with Gasteiger partial charge in [-0.25, -0.2) is 4.98 Å². The van der Waals surface area contributed by atoms with Crippen LogP contribution in [-0.4, -0.2) is 23.0 Å². The number of nitrogens with zero attached hydrogens (tertiary/aromatic N) is 2. The number of anilines is 3. The molecule has 3 aromatic rings. The van der Waals surface area contributed by atoms with Crippen molar-refractivity contribution in [2.75, 3.05) is 17.7 Å². The molecule has 0 aliphatic heterocycles. The molecule has 3 rings (SSSR count). The van der Waals surface area contributed by atoms with E-state index in [0.717, 1.165) is 5.69 Å². The first kappa shape index (κ1) is 15.5. The summed E-state index contributed by atoms with van der Waals surface area (Å²) < 4.78 is 5.24. The minimum absolute atomic E-state index is 0.220. The number of rotatable bonds is 5. The number of carbonyl (C=O) groups is 1. The summed E-state index contributed by atoms with van der Waals surface area (Å²) in [5.74, 6) is 1.00. The van der Waals surface area contributed by atoms with E-state index in [4.69, 9.17) is 4.74 Å². The number of methoxy groups -OCH3 is 1. The predicted octanol–water partition coefficient (Wildman–Crippen LogP) is 3.48. The van der Waals surface area contributed by atoms with Crippen LogP contribution < -0.4 is 15.4 Å². The second kappa shape index (κ2) is 7.23. The standard InChI is InChI=1S/C18H16N4O2/c1-24-16-8-3-2-7-15(16)22-18(23)13-5-4-6-14(11-13)21-17-12-19-9-10-20-17/h2-12H,1H3,(H,20,21)(H,22,23). The van der Waals surface area contributed by atoms with Crippen molar-refractivity contribution in [1.29, 1.82) is 0 Å². The van der Waals surface area contributed by atoms with Crippen LogP contribution in [0, 0.1) is 0 Å². The Bertz CT molecular complexity index is 837. The Kier molecular flexibility index (Phi) is 4.67. The number of para-hydroxylation sites is 2. The van der Waals surface area contributed by atoms with E-state index in [0.29, 0.717) is 22.8 Å². The van der Waals surface area contributed by atoms with Crippen LogP contribution in [0.5, 0.6) is 5.75 Å². The Hall–Kier alpha value is -3.41. The summed E-state index contributed by atoms with van der Waals surface area (Å²) in [6, 6.07) is 14.4. The van der Waals surface area contributed by atoms with Gasteiger partial charge >= 0.3 is 0 Å². The lowest BCUT2D eigenvalue weighted by Gasteiger charge is -2.11. The summed E-state index contributed by atoms with van der Waals surface area (Å²) in [5, 5.41) is 5.96. The quantitative estimate of drug-likeness (QED) is 0.752. The SMILES string of the molecule is COc1ccccc1NC(=O)c1cccc(Nc2cnccn2)c1. The van der Waals surface area contributed by atoms with Crippen LogP contribution in [0.25, 0.3) is 0 Å². The second-order valence-electron chi connectivity index (χ2n) is 4.95. The van der Waals surface area contributed by atoms with Crippen molar-refractivity contribution < 1.29 is 9.53 Å². The molecular weight excluding hydrogens is 304 g/mol.